The zero-order valence-corrected chi connectivity index (χ0v) is 15.8. The molecular formula is C20H21N3O6. The Morgan fingerprint density at radius 3 is 2.24 bits per heavy atom. The van der Waals surface area contributed by atoms with Crippen molar-refractivity contribution >= 4 is 29.4 Å². The molecule has 0 unspecified atom stereocenters. The van der Waals surface area contributed by atoms with Crippen LogP contribution in [0.2, 0.25) is 0 Å². The molecule has 0 atom stereocenters. The number of esters is 1. The van der Waals surface area contributed by atoms with Gasteiger partial charge in [0.15, 0.2) is 6.61 Å². The third kappa shape index (κ3) is 7.33. The van der Waals surface area contributed by atoms with Crippen molar-refractivity contribution in [2.24, 2.45) is 0 Å². The van der Waals surface area contributed by atoms with E-state index in [0.717, 1.165) is 0 Å². The van der Waals surface area contributed by atoms with Gasteiger partial charge in [-0.15, -0.1) is 0 Å². The summed E-state index contributed by atoms with van der Waals surface area (Å²) in [4.78, 5) is 47.1. The molecule has 2 aromatic rings. The summed E-state index contributed by atoms with van der Waals surface area (Å²) in [7, 11) is 1.47. The average molecular weight is 399 g/mol. The van der Waals surface area contributed by atoms with E-state index in [1.807, 2.05) is 0 Å². The first kappa shape index (κ1) is 21.4. The molecule has 0 aliphatic carbocycles. The first-order valence-electron chi connectivity index (χ1n) is 8.72. The number of hydrogen-bond acceptors (Lipinski definition) is 6. The van der Waals surface area contributed by atoms with Crippen molar-refractivity contribution < 1.29 is 28.7 Å². The number of methoxy groups -OCH3 is 1. The minimum atomic E-state index is -0.718. The molecule has 2 rings (SSSR count). The van der Waals surface area contributed by atoms with Crippen LogP contribution in [0.3, 0.4) is 0 Å². The van der Waals surface area contributed by atoms with Crippen molar-refractivity contribution in [1.29, 1.82) is 0 Å². The van der Waals surface area contributed by atoms with Gasteiger partial charge >= 0.3 is 5.97 Å². The first-order valence-corrected chi connectivity index (χ1v) is 8.72. The van der Waals surface area contributed by atoms with Crippen LogP contribution in [0.15, 0.2) is 54.6 Å². The van der Waals surface area contributed by atoms with Gasteiger partial charge in [0, 0.05) is 12.0 Å². The molecule has 29 heavy (non-hydrogen) atoms. The second-order valence-corrected chi connectivity index (χ2v) is 5.78. The summed E-state index contributed by atoms with van der Waals surface area (Å²) >= 11 is 0. The summed E-state index contributed by atoms with van der Waals surface area (Å²) in [5.41, 5.74) is 5.28. The highest BCUT2D eigenvalue weighted by Gasteiger charge is 2.13. The molecule has 3 N–H and O–H groups in total. The van der Waals surface area contributed by atoms with Crippen LogP contribution in [0.5, 0.6) is 5.75 Å². The Bertz CT molecular complexity index is 870. The van der Waals surface area contributed by atoms with Crippen LogP contribution >= 0.6 is 0 Å². The highest BCUT2D eigenvalue weighted by atomic mass is 16.5. The van der Waals surface area contributed by atoms with Gasteiger partial charge in [-0.3, -0.25) is 30.0 Å². The lowest BCUT2D eigenvalue weighted by Gasteiger charge is -2.10. The summed E-state index contributed by atoms with van der Waals surface area (Å²) in [6.07, 6.45) is -0.447. The number of rotatable bonds is 8. The van der Waals surface area contributed by atoms with Gasteiger partial charge in [-0.05, 0) is 24.3 Å². The van der Waals surface area contributed by atoms with E-state index in [0.29, 0.717) is 17.0 Å². The van der Waals surface area contributed by atoms with Crippen LogP contribution in [0.4, 0.5) is 5.69 Å². The number of benzene rings is 2. The van der Waals surface area contributed by atoms with Gasteiger partial charge in [-0.25, -0.2) is 0 Å². The lowest BCUT2D eigenvalue weighted by Crippen LogP contribution is -2.41. The number of hydrazine groups is 1. The number of carbonyl (C=O) groups is 4. The topological polar surface area (TPSA) is 123 Å². The lowest BCUT2D eigenvalue weighted by molar-refractivity contribution is -0.148. The predicted molar refractivity (Wildman–Crippen MR) is 104 cm³/mol. The van der Waals surface area contributed by atoms with Crippen molar-refractivity contribution in [3.63, 3.8) is 0 Å². The van der Waals surface area contributed by atoms with Crippen molar-refractivity contribution in [3.05, 3.63) is 60.2 Å². The highest BCUT2D eigenvalue weighted by molar-refractivity contribution is 5.96. The molecule has 0 saturated heterocycles. The van der Waals surface area contributed by atoms with Gasteiger partial charge in [0.05, 0.1) is 19.2 Å². The molecule has 0 bridgehead atoms. The number of nitrogens with one attached hydrogen (secondary N) is 3. The summed E-state index contributed by atoms with van der Waals surface area (Å²) in [5, 5.41) is 2.56. The number of anilines is 1. The van der Waals surface area contributed by atoms with Gasteiger partial charge in [-0.1, -0.05) is 30.3 Å². The van der Waals surface area contributed by atoms with E-state index < -0.39 is 30.3 Å². The Balaban J connectivity index is 1.65. The Kier molecular flexibility index (Phi) is 8.18. The maximum Gasteiger partial charge on any atom is 0.306 e. The molecule has 0 aliphatic rings. The summed E-state index contributed by atoms with van der Waals surface area (Å²) in [5.74, 6) is -1.83. The molecule has 3 amide bonds. The normalized spacial score (nSPS) is 9.83. The van der Waals surface area contributed by atoms with Crippen LogP contribution in [-0.4, -0.2) is 37.4 Å². The molecule has 0 aromatic heterocycles. The first-order chi connectivity index (χ1) is 14.0. The smallest absolute Gasteiger partial charge is 0.306 e. The third-order valence-electron chi connectivity index (χ3n) is 3.65. The summed E-state index contributed by atoms with van der Waals surface area (Å²) in [6.45, 7) is -0.497. The molecule has 0 radical (unpaired) electrons. The van der Waals surface area contributed by atoms with Gasteiger partial charge in [-0.2, -0.15) is 0 Å². The highest BCUT2D eigenvalue weighted by Crippen LogP contribution is 2.22. The summed E-state index contributed by atoms with van der Waals surface area (Å²) in [6, 6.07) is 15.1. The van der Waals surface area contributed by atoms with Gasteiger partial charge in [0.2, 0.25) is 5.91 Å². The van der Waals surface area contributed by atoms with E-state index in [4.69, 9.17) is 9.47 Å². The standard InChI is InChI=1S/C20H21N3O6/c1-28-16-10-6-5-9-15(16)21-18(25)13-29-19(26)12-11-17(24)22-23-20(27)14-7-3-2-4-8-14/h2-10H,11-13H2,1H3,(H,21,25)(H,22,24)(H,23,27). The Labute approximate surface area is 167 Å². The fourth-order valence-electron chi connectivity index (χ4n) is 2.22. The van der Waals surface area contributed by atoms with Crippen LogP contribution in [0, 0.1) is 0 Å². The van der Waals surface area contributed by atoms with E-state index >= 15 is 0 Å². The predicted octanol–water partition coefficient (Wildman–Crippen LogP) is 1.42. The minimum absolute atomic E-state index is 0.206. The minimum Gasteiger partial charge on any atom is -0.495 e. The van der Waals surface area contributed by atoms with Crippen molar-refractivity contribution in [2.45, 2.75) is 12.8 Å². The SMILES string of the molecule is COc1ccccc1NC(=O)COC(=O)CCC(=O)NNC(=O)c1ccccc1. The van der Waals surface area contributed by atoms with E-state index in [1.165, 1.54) is 7.11 Å². The molecule has 0 aliphatic heterocycles. The zero-order valence-electron chi connectivity index (χ0n) is 15.8. The molecule has 9 nitrogen and oxygen atoms in total. The largest absolute Gasteiger partial charge is 0.495 e. The van der Waals surface area contributed by atoms with E-state index in [1.54, 1.807) is 54.6 Å². The summed E-state index contributed by atoms with van der Waals surface area (Å²) < 4.78 is 9.94. The molecule has 152 valence electrons. The number of para-hydroxylation sites is 2. The maximum absolute atomic E-state index is 11.9. The third-order valence-corrected chi connectivity index (χ3v) is 3.65. The Hall–Kier alpha value is -3.88. The van der Waals surface area contributed by atoms with Crippen LogP contribution < -0.4 is 20.9 Å². The van der Waals surface area contributed by atoms with Gasteiger partial charge < -0.3 is 14.8 Å². The number of amides is 3. The van der Waals surface area contributed by atoms with Gasteiger partial charge in [0.1, 0.15) is 5.75 Å². The molecule has 0 saturated carbocycles. The zero-order chi connectivity index (χ0) is 21.1. The second-order valence-electron chi connectivity index (χ2n) is 5.78. The fraction of sp³-hybridized carbons (Fsp3) is 0.200. The number of hydrogen-bond donors (Lipinski definition) is 3. The number of ether oxygens (including phenoxy) is 2. The molecule has 0 spiro atoms. The molecule has 2 aromatic carbocycles. The molecule has 0 heterocycles. The molecule has 9 heteroatoms. The van der Waals surface area contributed by atoms with E-state index in [9.17, 15) is 19.2 Å². The monoisotopic (exact) mass is 399 g/mol. The van der Waals surface area contributed by atoms with Crippen molar-refractivity contribution in [1.82, 2.24) is 10.9 Å². The van der Waals surface area contributed by atoms with Crippen LogP contribution in [-0.2, 0) is 19.1 Å². The van der Waals surface area contributed by atoms with Gasteiger partial charge in [0.25, 0.3) is 11.8 Å². The quantitative estimate of drug-likeness (QED) is 0.456. The second kappa shape index (κ2) is 11.1. The average Bonchev–Trinajstić information content (AvgIpc) is 2.75. The lowest BCUT2D eigenvalue weighted by atomic mass is 10.2. The number of carbonyl (C=O) groups excluding carboxylic acids is 4. The Morgan fingerprint density at radius 2 is 1.52 bits per heavy atom. The molecular weight excluding hydrogens is 378 g/mol. The van der Waals surface area contributed by atoms with E-state index in [-0.39, 0.29) is 12.8 Å². The fourth-order valence-corrected chi connectivity index (χ4v) is 2.22. The van der Waals surface area contributed by atoms with Crippen LogP contribution in [0.1, 0.15) is 23.2 Å². The van der Waals surface area contributed by atoms with Crippen molar-refractivity contribution in [3.8, 4) is 5.75 Å². The Morgan fingerprint density at radius 1 is 0.828 bits per heavy atom. The maximum atomic E-state index is 11.9. The van der Waals surface area contributed by atoms with Crippen LogP contribution in [0.25, 0.3) is 0 Å². The van der Waals surface area contributed by atoms with Crippen molar-refractivity contribution in [2.75, 3.05) is 19.0 Å². The molecule has 0 fully saturated rings. The van der Waals surface area contributed by atoms with E-state index in [2.05, 4.69) is 16.2 Å².